The van der Waals surface area contributed by atoms with Crippen LogP contribution in [0.4, 0.5) is 0 Å². The molecule has 0 fully saturated rings. The lowest BCUT2D eigenvalue weighted by Gasteiger charge is -2.13. The topological polar surface area (TPSA) is 60.7 Å². The van der Waals surface area contributed by atoms with Crippen LogP contribution in [0.1, 0.15) is 40.1 Å². The van der Waals surface area contributed by atoms with Crippen LogP contribution in [0.2, 0.25) is 0 Å². The van der Waals surface area contributed by atoms with Gasteiger partial charge in [-0.3, -0.25) is 14.3 Å². The van der Waals surface area contributed by atoms with Crippen LogP contribution >= 0.6 is 34.4 Å². The summed E-state index contributed by atoms with van der Waals surface area (Å²) in [5.41, 5.74) is 5.73. The summed E-state index contributed by atoms with van der Waals surface area (Å²) in [5.74, 6) is 0.668. The van der Waals surface area contributed by atoms with Crippen molar-refractivity contribution >= 4 is 44.7 Å². The van der Waals surface area contributed by atoms with E-state index in [1.807, 2.05) is 16.7 Å². The first-order chi connectivity index (χ1) is 17.2. The van der Waals surface area contributed by atoms with Crippen LogP contribution in [0.15, 0.2) is 64.1 Å². The second-order valence-electron chi connectivity index (χ2n) is 8.83. The molecule has 0 aliphatic heterocycles. The number of fused-ring (bicyclic) bond motifs is 3. The average Bonchev–Trinajstić information content (AvgIpc) is 3.50. The molecule has 0 spiro atoms. The Hall–Kier alpha value is -2.81. The van der Waals surface area contributed by atoms with Gasteiger partial charge in [0.1, 0.15) is 9.84 Å². The molecule has 176 valence electrons. The minimum atomic E-state index is 0.0763. The number of rotatable bonds is 6. The highest BCUT2D eigenvalue weighted by molar-refractivity contribution is 7.98. The Balaban J connectivity index is 1.35. The molecule has 0 bridgehead atoms. The molecule has 0 N–H and O–H groups in total. The molecule has 0 atom stereocenters. The van der Waals surface area contributed by atoms with Crippen molar-refractivity contribution in [3.05, 3.63) is 91.8 Å². The first-order valence-corrected chi connectivity index (χ1v) is 14.4. The number of thiazole rings is 1. The molecule has 0 saturated heterocycles. The molecular weight excluding hydrogens is 493 g/mol. The third-order valence-electron chi connectivity index (χ3n) is 6.30. The number of hydrogen-bond acceptors (Lipinski definition) is 7. The van der Waals surface area contributed by atoms with Crippen LogP contribution in [-0.2, 0) is 25.1 Å². The molecule has 1 aliphatic carbocycles. The van der Waals surface area contributed by atoms with Gasteiger partial charge in [-0.1, -0.05) is 35.5 Å². The number of hydrogen-bond donors (Lipinski definition) is 0. The Morgan fingerprint density at radius 1 is 1.09 bits per heavy atom. The summed E-state index contributed by atoms with van der Waals surface area (Å²) in [4.78, 5) is 30.1. The third-order valence-corrected chi connectivity index (χ3v) is 9.43. The Bertz CT molecular complexity index is 1570. The van der Waals surface area contributed by atoms with E-state index in [1.54, 1.807) is 46.8 Å². The zero-order valence-electron chi connectivity index (χ0n) is 19.4. The van der Waals surface area contributed by atoms with Crippen molar-refractivity contribution in [1.82, 2.24) is 19.5 Å². The Labute approximate surface area is 215 Å². The Morgan fingerprint density at radius 2 is 1.94 bits per heavy atom. The van der Waals surface area contributed by atoms with Gasteiger partial charge >= 0.3 is 0 Å². The van der Waals surface area contributed by atoms with Crippen molar-refractivity contribution in [2.75, 3.05) is 0 Å². The van der Waals surface area contributed by atoms with Gasteiger partial charge in [0, 0.05) is 34.0 Å². The summed E-state index contributed by atoms with van der Waals surface area (Å²) in [5, 5.41) is 4.72. The van der Waals surface area contributed by atoms with E-state index < -0.39 is 0 Å². The van der Waals surface area contributed by atoms with Crippen LogP contribution in [0.5, 0.6) is 0 Å². The van der Waals surface area contributed by atoms with Gasteiger partial charge in [0.2, 0.25) is 0 Å². The van der Waals surface area contributed by atoms with E-state index in [9.17, 15) is 4.79 Å². The summed E-state index contributed by atoms with van der Waals surface area (Å²) in [6, 6.07) is 12.4. The molecule has 0 unspecified atom stereocenters. The smallest absolute Gasteiger partial charge is 0.263 e. The fourth-order valence-corrected chi connectivity index (χ4v) is 7.68. The summed E-state index contributed by atoms with van der Waals surface area (Å²) >= 11 is 4.96. The summed E-state index contributed by atoms with van der Waals surface area (Å²) < 4.78 is 1.85. The maximum absolute atomic E-state index is 13.8. The number of benzene rings is 1. The molecule has 0 radical (unpaired) electrons. The van der Waals surface area contributed by atoms with Crippen molar-refractivity contribution < 1.29 is 0 Å². The van der Waals surface area contributed by atoms with E-state index in [0.717, 1.165) is 56.5 Å². The van der Waals surface area contributed by atoms with Crippen LogP contribution in [0.3, 0.4) is 0 Å². The van der Waals surface area contributed by atoms with E-state index in [2.05, 4.69) is 41.6 Å². The summed E-state index contributed by atoms with van der Waals surface area (Å²) in [6.45, 7) is 2.59. The molecule has 8 heteroatoms. The predicted octanol–water partition coefficient (Wildman–Crippen LogP) is 6.50. The van der Waals surface area contributed by atoms with Gasteiger partial charge in [-0.05, 0) is 61.9 Å². The van der Waals surface area contributed by atoms with E-state index in [4.69, 9.17) is 9.97 Å². The van der Waals surface area contributed by atoms with E-state index >= 15 is 0 Å². The van der Waals surface area contributed by atoms with Crippen LogP contribution in [0, 0.1) is 6.92 Å². The van der Waals surface area contributed by atoms with Crippen molar-refractivity contribution in [2.45, 2.75) is 50.1 Å². The SMILES string of the molecule is Cc1cccc(-c2nc(CSc3nc4sc5c(c4c(=O)n3Cc3ccncc3)CCCC5)cs2)c1. The lowest BCUT2D eigenvalue weighted by molar-refractivity contribution is 0.655. The second-order valence-corrected chi connectivity index (χ2v) is 11.7. The maximum atomic E-state index is 13.8. The van der Waals surface area contributed by atoms with Crippen LogP contribution < -0.4 is 5.56 Å². The molecule has 1 aliphatic rings. The number of pyridine rings is 1. The number of thioether (sulfide) groups is 1. The number of aromatic nitrogens is 4. The molecule has 4 heterocycles. The first-order valence-electron chi connectivity index (χ1n) is 11.7. The highest BCUT2D eigenvalue weighted by Crippen LogP contribution is 2.35. The fraction of sp³-hybridized carbons (Fsp3) is 0.259. The van der Waals surface area contributed by atoms with E-state index in [0.29, 0.717) is 12.3 Å². The lowest BCUT2D eigenvalue weighted by atomic mass is 9.97. The van der Waals surface area contributed by atoms with Crippen molar-refractivity contribution in [2.24, 2.45) is 0 Å². The predicted molar refractivity (Wildman–Crippen MR) is 146 cm³/mol. The zero-order chi connectivity index (χ0) is 23.8. The second kappa shape index (κ2) is 9.68. The van der Waals surface area contributed by atoms with Gasteiger partial charge in [-0.2, -0.15) is 0 Å². The number of nitrogens with zero attached hydrogens (tertiary/aromatic N) is 4. The summed E-state index contributed by atoms with van der Waals surface area (Å²) in [6.07, 6.45) is 7.92. The number of thiophene rings is 1. The highest BCUT2D eigenvalue weighted by atomic mass is 32.2. The average molecular weight is 517 g/mol. The van der Waals surface area contributed by atoms with E-state index in [1.165, 1.54) is 22.4 Å². The minimum Gasteiger partial charge on any atom is -0.283 e. The first kappa shape index (κ1) is 22.6. The van der Waals surface area contributed by atoms with Crippen molar-refractivity contribution in [1.29, 1.82) is 0 Å². The quantitative estimate of drug-likeness (QED) is 0.190. The number of aryl methyl sites for hydroxylation is 3. The molecule has 1 aromatic carbocycles. The molecule has 35 heavy (non-hydrogen) atoms. The maximum Gasteiger partial charge on any atom is 0.263 e. The van der Waals surface area contributed by atoms with E-state index in [-0.39, 0.29) is 5.56 Å². The van der Waals surface area contributed by atoms with Crippen molar-refractivity contribution in [3.8, 4) is 10.6 Å². The normalized spacial score (nSPS) is 13.3. The molecule has 0 amide bonds. The van der Waals surface area contributed by atoms with Gasteiger partial charge in [0.25, 0.3) is 5.56 Å². The van der Waals surface area contributed by atoms with Crippen molar-refractivity contribution in [3.63, 3.8) is 0 Å². The molecule has 4 aromatic heterocycles. The summed E-state index contributed by atoms with van der Waals surface area (Å²) in [7, 11) is 0. The highest BCUT2D eigenvalue weighted by Gasteiger charge is 2.22. The van der Waals surface area contributed by atoms with Gasteiger partial charge in [0.15, 0.2) is 5.16 Å². The molecular formula is C27H24N4OS3. The Morgan fingerprint density at radius 3 is 2.80 bits per heavy atom. The van der Waals surface area contributed by atoms with Gasteiger partial charge in [-0.15, -0.1) is 22.7 Å². The largest absolute Gasteiger partial charge is 0.283 e. The lowest BCUT2D eigenvalue weighted by Crippen LogP contribution is -2.24. The van der Waals surface area contributed by atoms with Crippen LogP contribution in [0.25, 0.3) is 20.8 Å². The monoisotopic (exact) mass is 516 g/mol. The van der Waals surface area contributed by atoms with Gasteiger partial charge < -0.3 is 0 Å². The zero-order valence-corrected chi connectivity index (χ0v) is 21.8. The van der Waals surface area contributed by atoms with Gasteiger partial charge in [-0.25, -0.2) is 9.97 Å². The molecule has 6 rings (SSSR count). The molecule has 0 saturated carbocycles. The molecule has 5 nitrogen and oxygen atoms in total. The Kier molecular flexibility index (Phi) is 6.26. The molecule has 5 aromatic rings. The standard InChI is InChI=1S/C27H24N4OS3/c1-17-5-4-6-19(13-17)24-29-20(15-33-24)16-34-27-30-25-23(21-7-2-3-8-22(21)35-25)26(32)31(27)14-18-9-11-28-12-10-18/h4-6,9-13,15H,2-3,7-8,14,16H2,1H3. The van der Waals surface area contributed by atoms with Gasteiger partial charge in [0.05, 0.1) is 17.6 Å². The van der Waals surface area contributed by atoms with Crippen LogP contribution in [-0.4, -0.2) is 19.5 Å². The fourth-order valence-electron chi connectivity index (χ4n) is 4.56. The minimum absolute atomic E-state index is 0.0763. The third kappa shape index (κ3) is 4.58.